The number of aryl methyl sites for hydroxylation is 1. The highest BCUT2D eigenvalue weighted by Gasteiger charge is 2.70. The van der Waals surface area contributed by atoms with Gasteiger partial charge in [0.15, 0.2) is 23.8 Å². The number of aromatic nitrogens is 6. The molecule has 1 unspecified atom stereocenters. The normalized spacial score (nSPS) is 17.9. The van der Waals surface area contributed by atoms with Gasteiger partial charge in [-0.05, 0) is 46.4 Å². The van der Waals surface area contributed by atoms with Gasteiger partial charge >= 0.3 is 12.1 Å². The van der Waals surface area contributed by atoms with E-state index < -0.39 is 17.8 Å². The molecule has 0 aliphatic carbocycles. The summed E-state index contributed by atoms with van der Waals surface area (Å²) in [7, 11) is 0. The van der Waals surface area contributed by atoms with Gasteiger partial charge in [-0.15, -0.1) is 9.36 Å². The summed E-state index contributed by atoms with van der Waals surface area (Å²) in [5.41, 5.74) is 4.65. The zero-order valence-electron chi connectivity index (χ0n) is 23.6. The van der Waals surface area contributed by atoms with Crippen LogP contribution in [0.3, 0.4) is 0 Å². The van der Waals surface area contributed by atoms with Crippen LogP contribution in [0, 0.1) is 6.92 Å². The number of fused-ring (bicyclic) bond motifs is 11. The Balaban J connectivity index is 1.61. The topological polar surface area (TPSA) is 43.4 Å². The molecule has 1 atom stereocenters. The third-order valence-electron chi connectivity index (χ3n) is 8.16. The molecular formula is C31H31F3N6+2. The van der Waals surface area contributed by atoms with Gasteiger partial charge in [-0.3, -0.25) is 0 Å². The van der Waals surface area contributed by atoms with Crippen molar-refractivity contribution in [3.05, 3.63) is 83.4 Å². The molecule has 0 saturated carbocycles. The second-order valence-electron chi connectivity index (χ2n) is 13.1. The molecule has 0 saturated heterocycles. The molecular weight excluding hydrogens is 513 g/mol. The molecule has 1 spiro atoms. The molecule has 204 valence electrons. The fourth-order valence-electron chi connectivity index (χ4n) is 6.04. The van der Waals surface area contributed by atoms with Crippen LogP contribution in [-0.4, -0.2) is 19.6 Å². The minimum Gasteiger partial charge on any atom is -0.164 e. The molecule has 0 fully saturated rings. The van der Waals surface area contributed by atoms with Crippen molar-refractivity contribution in [2.75, 3.05) is 0 Å². The van der Waals surface area contributed by atoms with Crippen molar-refractivity contribution in [2.24, 2.45) is 0 Å². The van der Waals surface area contributed by atoms with E-state index in [4.69, 9.17) is 5.10 Å². The van der Waals surface area contributed by atoms with Gasteiger partial charge in [0.25, 0.3) is 0 Å². The van der Waals surface area contributed by atoms with E-state index in [0.717, 1.165) is 45.0 Å². The number of benzene rings is 1. The number of hydrogen-bond donors (Lipinski definition) is 0. The monoisotopic (exact) mass is 544 g/mol. The van der Waals surface area contributed by atoms with E-state index in [2.05, 4.69) is 70.9 Å². The lowest BCUT2D eigenvalue weighted by Crippen LogP contribution is -2.77. The molecule has 0 amide bonds. The molecule has 0 radical (unpaired) electrons. The van der Waals surface area contributed by atoms with E-state index in [1.807, 2.05) is 51.3 Å². The van der Waals surface area contributed by atoms with Gasteiger partial charge in [-0.1, -0.05) is 62.8 Å². The van der Waals surface area contributed by atoms with Crippen molar-refractivity contribution in [3.8, 4) is 22.8 Å². The average molecular weight is 545 g/mol. The quantitative estimate of drug-likeness (QED) is 0.223. The van der Waals surface area contributed by atoms with Gasteiger partial charge in [-0.25, -0.2) is 0 Å². The van der Waals surface area contributed by atoms with Gasteiger partial charge in [0.05, 0.1) is 5.69 Å². The first-order chi connectivity index (χ1) is 18.6. The highest BCUT2D eigenvalue weighted by atomic mass is 19.4. The molecule has 5 aromatic rings. The molecule has 9 heteroatoms. The second kappa shape index (κ2) is 7.38. The van der Waals surface area contributed by atoms with Crippen molar-refractivity contribution in [3.63, 3.8) is 0 Å². The maximum atomic E-state index is 14.1. The molecule has 6 nitrogen and oxygen atoms in total. The number of alkyl halides is 3. The Bertz CT molecular complexity index is 1880. The molecule has 0 bridgehead atoms. The van der Waals surface area contributed by atoms with Crippen molar-refractivity contribution in [1.29, 1.82) is 0 Å². The number of pyridine rings is 2. The van der Waals surface area contributed by atoms with Crippen LogP contribution in [-0.2, 0) is 22.9 Å². The van der Waals surface area contributed by atoms with Crippen molar-refractivity contribution < 1.29 is 22.3 Å². The maximum absolute atomic E-state index is 14.1. The fourth-order valence-corrected chi connectivity index (χ4v) is 6.04. The SMILES string of the molecule is Cc1cc2n(n1)C1(n3nc(C(F)(F)F)cc3-c3cc4cc(C(C)(C)C)ccc4c[n+]31)[n+]1ccc(C(C)(C)C)cc1-2. The van der Waals surface area contributed by atoms with E-state index in [-0.39, 0.29) is 10.8 Å². The lowest BCUT2D eigenvalue weighted by Gasteiger charge is -2.20. The second-order valence-corrected chi connectivity index (χ2v) is 13.1. The molecule has 2 aliphatic heterocycles. The Hall–Kier alpha value is -4.01. The van der Waals surface area contributed by atoms with Crippen molar-refractivity contribution in [2.45, 2.75) is 71.4 Å². The summed E-state index contributed by atoms with van der Waals surface area (Å²) in [6.07, 6.45) is -0.627. The van der Waals surface area contributed by atoms with Crippen LogP contribution in [0.25, 0.3) is 33.5 Å². The molecule has 2 aliphatic rings. The first-order valence-corrected chi connectivity index (χ1v) is 13.4. The van der Waals surface area contributed by atoms with Crippen LogP contribution < -0.4 is 9.13 Å². The maximum Gasteiger partial charge on any atom is 0.583 e. The molecule has 40 heavy (non-hydrogen) atoms. The van der Waals surface area contributed by atoms with Crippen LogP contribution >= 0.6 is 0 Å². The van der Waals surface area contributed by atoms with Gasteiger partial charge in [0.2, 0.25) is 11.4 Å². The summed E-state index contributed by atoms with van der Waals surface area (Å²) in [5, 5.41) is 11.0. The van der Waals surface area contributed by atoms with E-state index >= 15 is 0 Å². The number of hydrogen-bond acceptors (Lipinski definition) is 2. The standard InChI is InChI=1S/C31H31F3N6/c1-18-12-25-24-15-22(29(5,6)7)10-11-37(24)31(39(25)35-18)38-17-19-8-9-21(28(2,3)4)13-20(19)14-23(38)26-16-27(30(32,33)34)36-40(26)31/h8-17H,1-7H3/q+2. The summed E-state index contributed by atoms with van der Waals surface area (Å²) in [6, 6.07) is 15.6. The Morgan fingerprint density at radius 1 is 0.700 bits per heavy atom. The minimum atomic E-state index is -4.59. The van der Waals surface area contributed by atoms with Crippen LogP contribution in [0.1, 0.15) is 64.1 Å². The van der Waals surface area contributed by atoms with Crippen molar-refractivity contribution >= 4 is 10.8 Å². The predicted molar refractivity (Wildman–Crippen MR) is 145 cm³/mol. The van der Waals surface area contributed by atoms with Crippen molar-refractivity contribution in [1.82, 2.24) is 19.6 Å². The largest absolute Gasteiger partial charge is 0.583 e. The first kappa shape index (κ1) is 25.0. The van der Waals surface area contributed by atoms with E-state index in [1.54, 1.807) is 0 Å². The van der Waals surface area contributed by atoms with Gasteiger partial charge in [-0.2, -0.15) is 23.4 Å². The third kappa shape index (κ3) is 3.17. The van der Waals surface area contributed by atoms with Crippen LogP contribution in [0.4, 0.5) is 13.2 Å². The molecule has 0 N–H and O–H groups in total. The van der Waals surface area contributed by atoms with E-state index in [0.29, 0.717) is 11.4 Å². The summed E-state index contributed by atoms with van der Waals surface area (Å²) in [4.78, 5) is 0. The Labute approximate surface area is 230 Å². The molecule has 6 heterocycles. The fraction of sp³-hybridized carbons (Fsp3) is 0.355. The summed E-state index contributed by atoms with van der Waals surface area (Å²) in [5.74, 6) is -1.33. The molecule has 7 rings (SSSR count). The number of nitrogens with zero attached hydrogens (tertiary/aromatic N) is 6. The van der Waals surface area contributed by atoms with Crippen LogP contribution in [0.15, 0.2) is 60.9 Å². The van der Waals surface area contributed by atoms with Gasteiger partial charge in [0.1, 0.15) is 5.69 Å². The minimum absolute atomic E-state index is 0.0701. The summed E-state index contributed by atoms with van der Waals surface area (Å²) >= 11 is 0. The lowest BCUT2D eigenvalue weighted by molar-refractivity contribution is -0.990. The van der Waals surface area contributed by atoms with Gasteiger partial charge in [0, 0.05) is 29.7 Å². The highest BCUT2D eigenvalue weighted by molar-refractivity contribution is 5.85. The number of halogens is 3. The first-order valence-electron chi connectivity index (χ1n) is 13.4. The summed E-state index contributed by atoms with van der Waals surface area (Å²) in [6.45, 7) is 14.8. The average Bonchev–Trinajstić information content (AvgIpc) is 3.57. The Morgan fingerprint density at radius 2 is 1.32 bits per heavy atom. The Kier molecular flexibility index (Phi) is 4.61. The molecule has 1 aromatic carbocycles. The molecule has 4 aromatic heterocycles. The van der Waals surface area contributed by atoms with E-state index in [1.165, 1.54) is 4.68 Å². The highest BCUT2D eigenvalue weighted by Crippen LogP contribution is 2.42. The van der Waals surface area contributed by atoms with Crippen LogP contribution in [0.5, 0.6) is 0 Å². The third-order valence-corrected chi connectivity index (χ3v) is 8.16. The van der Waals surface area contributed by atoms with Gasteiger partial charge < -0.3 is 0 Å². The summed E-state index contributed by atoms with van der Waals surface area (Å²) < 4.78 is 49.6. The zero-order valence-corrected chi connectivity index (χ0v) is 23.6. The predicted octanol–water partition coefficient (Wildman–Crippen LogP) is 5.90. The lowest BCUT2D eigenvalue weighted by atomic mass is 9.86. The Morgan fingerprint density at radius 3 is 2.00 bits per heavy atom. The smallest absolute Gasteiger partial charge is 0.164 e. The zero-order chi connectivity index (χ0) is 28.6. The number of rotatable bonds is 0. The van der Waals surface area contributed by atoms with Crippen LogP contribution in [0.2, 0.25) is 0 Å². The van der Waals surface area contributed by atoms with E-state index in [9.17, 15) is 13.2 Å².